The second kappa shape index (κ2) is 3.77. The quantitative estimate of drug-likeness (QED) is 0.766. The van der Waals surface area contributed by atoms with Crippen LogP contribution in [0.1, 0.15) is 5.56 Å². The third-order valence-electron chi connectivity index (χ3n) is 2.18. The summed E-state index contributed by atoms with van der Waals surface area (Å²) in [4.78, 5) is 17.3. The second-order valence-electron chi connectivity index (χ2n) is 3.41. The van der Waals surface area contributed by atoms with Gasteiger partial charge in [0.1, 0.15) is 11.6 Å². The van der Waals surface area contributed by atoms with Crippen molar-refractivity contribution in [1.29, 1.82) is 0 Å². The maximum Gasteiger partial charge on any atom is 0.254 e. The molecule has 0 aliphatic rings. The van der Waals surface area contributed by atoms with E-state index in [2.05, 4.69) is 9.97 Å². The van der Waals surface area contributed by atoms with Gasteiger partial charge in [-0.2, -0.15) is 4.98 Å². The van der Waals surface area contributed by atoms with E-state index in [0.29, 0.717) is 5.56 Å². The number of aromatic hydroxyl groups is 1. The molecular weight excluding hydrogens is 211 g/mol. The second-order valence-corrected chi connectivity index (χ2v) is 3.41. The number of aryl methyl sites for hydroxylation is 1. The molecule has 0 amide bonds. The highest BCUT2D eigenvalue weighted by atomic mass is 19.1. The third-order valence-corrected chi connectivity index (χ3v) is 2.18. The molecule has 1 aromatic carbocycles. The normalized spacial score (nSPS) is 10.4. The SMILES string of the molecule is Cc1ccc(F)cc1-c1nc(O)cc(=O)[nH]1. The van der Waals surface area contributed by atoms with Crippen LogP contribution in [0.15, 0.2) is 29.1 Å². The lowest BCUT2D eigenvalue weighted by molar-refractivity contribution is 0.452. The van der Waals surface area contributed by atoms with Crippen molar-refractivity contribution < 1.29 is 9.50 Å². The minimum Gasteiger partial charge on any atom is -0.493 e. The molecule has 4 nitrogen and oxygen atoms in total. The summed E-state index contributed by atoms with van der Waals surface area (Å²) in [5.74, 6) is -0.656. The zero-order valence-electron chi connectivity index (χ0n) is 8.49. The van der Waals surface area contributed by atoms with Gasteiger partial charge in [0.25, 0.3) is 5.56 Å². The molecule has 0 spiro atoms. The molecule has 5 heteroatoms. The summed E-state index contributed by atoms with van der Waals surface area (Å²) >= 11 is 0. The van der Waals surface area contributed by atoms with Crippen LogP contribution in [-0.4, -0.2) is 15.1 Å². The minimum absolute atomic E-state index is 0.155. The molecule has 82 valence electrons. The smallest absolute Gasteiger partial charge is 0.254 e. The summed E-state index contributed by atoms with van der Waals surface area (Å²) in [5.41, 5.74) is 0.731. The summed E-state index contributed by atoms with van der Waals surface area (Å²) in [6.45, 7) is 1.76. The van der Waals surface area contributed by atoms with Crippen LogP contribution >= 0.6 is 0 Å². The zero-order chi connectivity index (χ0) is 11.7. The summed E-state index contributed by atoms with van der Waals surface area (Å²) in [6.07, 6.45) is 0. The van der Waals surface area contributed by atoms with E-state index in [-0.39, 0.29) is 11.7 Å². The summed E-state index contributed by atoms with van der Waals surface area (Å²) < 4.78 is 13.1. The molecule has 0 saturated heterocycles. The van der Waals surface area contributed by atoms with Gasteiger partial charge < -0.3 is 10.1 Å². The van der Waals surface area contributed by atoms with Crippen LogP contribution in [0.2, 0.25) is 0 Å². The summed E-state index contributed by atoms with van der Waals surface area (Å²) in [5, 5.41) is 9.19. The Labute approximate surface area is 90.4 Å². The lowest BCUT2D eigenvalue weighted by atomic mass is 10.1. The standard InChI is InChI=1S/C11H9FN2O2/c1-6-2-3-7(12)4-8(6)11-13-9(15)5-10(16)14-11/h2-5H,1H3,(H2,13,14,15,16). The first-order valence-corrected chi connectivity index (χ1v) is 4.63. The van der Waals surface area contributed by atoms with Crippen LogP contribution in [0.25, 0.3) is 11.4 Å². The molecule has 16 heavy (non-hydrogen) atoms. The van der Waals surface area contributed by atoms with E-state index >= 15 is 0 Å². The monoisotopic (exact) mass is 220 g/mol. The Kier molecular flexibility index (Phi) is 2.44. The lowest BCUT2D eigenvalue weighted by Crippen LogP contribution is -2.07. The first kappa shape index (κ1) is 10.4. The molecule has 0 unspecified atom stereocenters. The van der Waals surface area contributed by atoms with E-state index in [0.717, 1.165) is 11.6 Å². The van der Waals surface area contributed by atoms with Crippen molar-refractivity contribution in [2.24, 2.45) is 0 Å². The Bertz CT molecular complexity index is 593. The van der Waals surface area contributed by atoms with Crippen molar-refractivity contribution in [3.8, 4) is 17.3 Å². The highest BCUT2D eigenvalue weighted by Crippen LogP contribution is 2.20. The van der Waals surface area contributed by atoms with Crippen LogP contribution in [0.4, 0.5) is 4.39 Å². The molecule has 0 saturated carbocycles. The predicted molar refractivity (Wildman–Crippen MR) is 56.7 cm³/mol. The van der Waals surface area contributed by atoms with Gasteiger partial charge in [-0.1, -0.05) is 6.07 Å². The Hall–Kier alpha value is -2.17. The fraction of sp³-hybridized carbons (Fsp3) is 0.0909. The first-order chi connectivity index (χ1) is 7.56. The van der Waals surface area contributed by atoms with E-state index in [1.807, 2.05) is 0 Å². The summed E-state index contributed by atoms with van der Waals surface area (Å²) in [6, 6.07) is 5.11. The highest BCUT2D eigenvalue weighted by Gasteiger charge is 2.07. The van der Waals surface area contributed by atoms with Crippen LogP contribution in [0.5, 0.6) is 5.88 Å². The van der Waals surface area contributed by atoms with Crippen LogP contribution in [-0.2, 0) is 0 Å². The molecule has 2 rings (SSSR count). The number of H-pyrrole nitrogens is 1. The van der Waals surface area contributed by atoms with Crippen molar-refractivity contribution in [2.45, 2.75) is 6.92 Å². The predicted octanol–water partition coefficient (Wildman–Crippen LogP) is 1.59. The van der Waals surface area contributed by atoms with E-state index in [4.69, 9.17) is 0 Å². The Morgan fingerprint density at radius 3 is 2.81 bits per heavy atom. The van der Waals surface area contributed by atoms with Gasteiger partial charge in [-0.25, -0.2) is 4.39 Å². The van der Waals surface area contributed by atoms with Crippen LogP contribution in [0, 0.1) is 12.7 Å². The Morgan fingerprint density at radius 1 is 1.38 bits per heavy atom. The molecule has 1 aromatic heterocycles. The first-order valence-electron chi connectivity index (χ1n) is 4.63. The molecule has 0 radical (unpaired) electrons. The number of aromatic amines is 1. The van der Waals surface area contributed by atoms with Crippen molar-refractivity contribution in [3.63, 3.8) is 0 Å². The maximum absolute atomic E-state index is 13.1. The number of nitrogens with one attached hydrogen (secondary N) is 1. The molecule has 0 bridgehead atoms. The fourth-order valence-electron chi connectivity index (χ4n) is 1.42. The zero-order valence-corrected chi connectivity index (χ0v) is 8.49. The van der Waals surface area contributed by atoms with Gasteiger partial charge in [-0.05, 0) is 24.6 Å². The topological polar surface area (TPSA) is 66.0 Å². The summed E-state index contributed by atoms with van der Waals surface area (Å²) in [7, 11) is 0. The lowest BCUT2D eigenvalue weighted by Gasteiger charge is -2.04. The van der Waals surface area contributed by atoms with Crippen molar-refractivity contribution in [1.82, 2.24) is 9.97 Å². The molecule has 0 aliphatic heterocycles. The maximum atomic E-state index is 13.1. The third kappa shape index (κ3) is 1.93. The van der Waals surface area contributed by atoms with Gasteiger partial charge in [-0.3, -0.25) is 4.79 Å². The minimum atomic E-state index is -0.480. The molecule has 2 aromatic rings. The van der Waals surface area contributed by atoms with E-state index in [1.54, 1.807) is 13.0 Å². The van der Waals surface area contributed by atoms with Gasteiger partial charge in [0.2, 0.25) is 5.88 Å². The number of hydrogen-bond donors (Lipinski definition) is 2. The molecular formula is C11H9FN2O2. The van der Waals surface area contributed by atoms with Crippen LogP contribution in [0.3, 0.4) is 0 Å². The molecule has 0 fully saturated rings. The number of rotatable bonds is 1. The highest BCUT2D eigenvalue weighted by molar-refractivity contribution is 5.59. The van der Waals surface area contributed by atoms with E-state index in [9.17, 15) is 14.3 Å². The van der Waals surface area contributed by atoms with E-state index < -0.39 is 11.4 Å². The van der Waals surface area contributed by atoms with Gasteiger partial charge in [0, 0.05) is 5.56 Å². The number of hydrogen-bond acceptors (Lipinski definition) is 3. The molecule has 1 heterocycles. The van der Waals surface area contributed by atoms with Gasteiger partial charge in [-0.15, -0.1) is 0 Å². The van der Waals surface area contributed by atoms with Gasteiger partial charge in [0.05, 0.1) is 6.07 Å². The van der Waals surface area contributed by atoms with Crippen molar-refractivity contribution in [3.05, 3.63) is 46.0 Å². The van der Waals surface area contributed by atoms with Crippen LogP contribution < -0.4 is 5.56 Å². The van der Waals surface area contributed by atoms with Gasteiger partial charge >= 0.3 is 0 Å². The average Bonchev–Trinajstić information content (AvgIpc) is 2.20. The number of aromatic nitrogens is 2. The number of halogens is 1. The molecule has 0 atom stereocenters. The number of benzene rings is 1. The van der Waals surface area contributed by atoms with E-state index in [1.165, 1.54) is 12.1 Å². The molecule has 2 N–H and O–H groups in total. The largest absolute Gasteiger partial charge is 0.493 e. The van der Waals surface area contributed by atoms with Crippen molar-refractivity contribution in [2.75, 3.05) is 0 Å². The average molecular weight is 220 g/mol. The Balaban J connectivity index is 2.66. The Morgan fingerprint density at radius 2 is 2.12 bits per heavy atom. The number of nitrogens with zero attached hydrogens (tertiary/aromatic N) is 1. The fourth-order valence-corrected chi connectivity index (χ4v) is 1.42. The molecule has 0 aliphatic carbocycles. The van der Waals surface area contributed by atoms with Gasteiger partial charge in [0.15, 0.2) is 0 Å². The van der Waals surface area contributed by atoms with Crippen molar-refractivity contribution >= 4 is 0 Å².